The van der Waals surface area contributed by atoms with Crippen molar-refractivity contribution >= 4 is 17.5 Å². The normalized spacial score (nSPS) is 18.7. The highest BCUT2D eigenvalue weighted by atomic mass is 35.5. The molecule has 9 heteroatoms. The van der Waals surface area contributed by atoms with Gasteiger partial charge in [-0.25, -0.2) is 4.98 Å². The van der Waals surface area contributed by atoms with Gasteiger partial charge in [-0.2, -0.15) is 24.7 Å². The molecule has 0 radical (unpaired) electrons. The van der Waals surface area contributed by atoms with Gasteiger partial charge >= 0.3 is 0 Å². The molecule has 0 amide bonds. The van der Waals surface area contributed by atoms with Crippen molar-refractivity contribution in [3.05, 3.63) is 17.9 Å². The molecule has 1 aliphatic rings. The first-order valence-electron chi connectivity index (χ1n) is 5.93. The molecule has 0 spiro atoms. The molecule has 1 atom stereocenters. The number of hydrogen-bond acceptors (Lipinski definition) is 7. The fourth-order valence-electron chi connectivity index (χ4n) is 1.84. The van der Waals surface area contributed by atoms with Gasteiger partial charge in [0.1, 0.15) is 12.7 Å². The molecular weight excluding hydrogens is 270 g/mol. The lowest BCUT2D eigenvalue weighted by Crippen LogP contribution is -2.20. The van der Waals surface area contributed by atoms with E-state index in [2.05, 4.69) is 30.4 Å². The first kappa shape index (κ1) is 12.2. The number of nitrogens with one attached hydrogen (secondary N) is 1. The van der Waals surface area contributed by atoms with E-state index in [-0.39, 0.29) is 11.4 Å². The van der Waals surface area contributed by atoms with Crippen molar-refractivity contribution in [1.82, 2.24) is 29.7 Å². The van der Waals surface area contributed by atoms with E-state index < -0.39 is 0 Å². The van der Waals surface area contributed by atoms with Crippen molar-refractivity contribution in [2.75, 3.05) is 18.5 Å². The Balaban J connectivity index is 1.74. The standard InChI is InChI=1S/C10H12ClN7O/c11-8-15-9(13-4-7-2-1-3-19-7)17-10(16-8)18-6-12-5-14-18/h5-7H,1-4H2,(H,13,15,16,17). The molecule has 19 heavy (non-hydrogen) atoms. The van der Waals surface area contributed by atoms with Crippen molar-refractivity contribution in [3.8, 4) is 5.95 Å². The van der Waals surface area contributed by atoms with Gasteiger partial charge in [-0.15, -0.1) is 0 Å². The third kappa shape index (κ3) is 2.96. The summed E-state index contributed by atoms with van der Waals surface area (Å²) < 4.78 is 6.93. The fourth-order valence-corrected chi connectivity index (χ4v) is 2.00. The highest BCUT2D eigenvalue weighted by Crippen LogP contribution is 2.13. The minimum absolute atomic E-state index is 0.107. The van der Waals surface area contributed by atoms with Gasteiger partial charge in [-0.3, -0.25) is 0 Å². The lowest BCUT2D eigenvalue weighted by Gasteiger charge is -2.11. The van der Waals surface area contributed by atoms with Gasteiger partial charge in [-0.1, -0.05) is 0 Å². The minimum Gasteiger partial charge on any atom is -0.376 e. The van der Waals surface area contributed by atoms with E-state index in [1.807, 2.05) is 0 Å². The second kappa shape index (κ2) is 5.45. The van der Waals surface area contributed by atoms with Crippen molar-refractivity contribution in [1.29, 1.82) is 0 Å². The zero-order valence-corrected chi connectivity index (χ0v) is 10.8. The predicted molar refractivity (Wildman–Crippen MR) is 67.2 cm³/mol. The van der Waals surface area contributed by atoms with Gasteiger partial charge in [0.15, 0.2) is 0 Å². The molecule has 3 rings (SSSR count). The van der Waals surface area contributed by atoms with Crippen molar-refractivity contribution in [3.63, 3.8) is 0 Å². The number of aromatic nitrogens is 6. The summed E-state index contributed by atoms with van der Waals surface area (Å²) >= 11 is 5.87. The van der Waals surface area contributed by atoms with Crippen LogP contribution in [0.1, 0.15) is 12.8 Å². The Morgan fingerprint density at radius 1 is 1.42 bits per heavy atom. The molecule has 0 aliphatic carbocycles. The maximum atomic E-state index is 5.87. The lowest BCUT2D eigenvalue weighted by molar-refractivity contribution is 0.120. The lowest BCUT2D eigenvalue weighted by atomic mass is 10.2. The fraction of sp³-hybridized carbons (Fsp3) is 0.500. The second-order valence-corrected chi connectivity index (χ2v) is 4.42. The Kier molecular flexibility index (Phi) is 3.51. The molecule has 2 aromatic heterocycles. The molecule has 3 heterocycles. The smallest absolute Gasteiger partial charge is 0.258 e. The van der Waals surface area contributed by atoms with E-state index in [0.717, 1.165) is 19.4 Å². The Morgan fingerprint density at radius 3 is 3.11 bits per heavy atom. The van der Waals surface area contributed by atoms with Crippen LogP contribution >= 0.6 is 11.6 Å². The van der Waals surface area contributed by atoms with Gasteiger partial charge in [0.25, 0.3) is 5.95 Å². The summed E-state index contributed by atoms with van der Waals surface area (Å²) in [5.41, 5.74) is 0. The van der Waals surface area contributed by atoms with Crippen molar-refractivity contribution in [2.24, 2.45) is 0 Å². The molecule has 0 aromatic carbocycles. The highest BCUT2D eigenvalue weighted by molar-refractivity contribution is 6.28. The Labute approximate surface area is 114 Å². The number of hydrogen-bond donors (Lipinski definition) is 1. The molecule has 1 unspecified atom stereocenters. The second-order valence-electron chi connectivity index (χ2n) is 4.08. The molecule has 100 valence electrons. The summed E-state index contributed by atoms with van der Waals surface area (Å²) in [5, 5.41) is 7.15. The summed E-state index contributed by atoms with van der Waals surface area (Å²) in [6, 6.07) is 0. The first-order chi connectivity index (χ1) is 9.31. The Morgan fingerprint density at radius 2 is 2.37 bits per heavy atom. The third-order valence-electron chi connectivity index (χ3n) is 2.73. The molecule has 1 fully saturated rings. The monoisotopic (exact) mass is 281 g/mol. The average Bonchev–Trinajstić information content (AvgIpc) is 3.09. The molecule has 1 N–H and O–H groups in total. The van der Waals surface area contributed by atoms with Crippen LogP contribution in [0.5, 0.6) is 0 Å². The van der Waals surface area contributed by atoms with E-state index in [1.54, 1.807) is 0 Å². The zero-order chi connectivity index (χ0) is 13.1. The van der Waals surface area contributed by atoms with Gasteiger partial charge in [-0.05, 0) is 24.4 Å². The topological polar surface area (TPSA) is 90.6 Å². The number of ether oxygens (including phenoxy) is 1. The van der Waals surface area contributed by atoms with Crippen LogP contribution in [0.15, 0.2) is 12.7 Å². The average molecular weight is 282 g/mol. The molecule has 8 nitrogen and oxygen atoms in total. The van der Waals surface area contributed by atoms with Crippen LogP contribution in [-0.4, -0.2) is 49.0 Å². The largest absolute Gasteiger partial charge is 0.376 e. The number of anilines is 1. The van der Waals surface area contributed by atoms with Crippen LogP contribution in [0.3, 0.4) is 0 Å². The highest BCUT2D eigenvalue weighted by Gasteiger charge is 2.16. The molecule has 0 saturated carbocycles. The quantitative estimate of drug-likeness (QED) is 0.882. The SMILES string of the molecule is Clc1nc(NCC2CCCO2)nc(-n2cncn2)n1. The molecule has 0 bridgehead atoms. The summed E-state index contributed by atoms with van der Waals surface area (Å²) in [4.78, 5) is 16.1. The molecule has 2 aromatic rings. The maximum absolute atomic E-state index is 5.87. The van der Waals surface area contributed by atoms with Crippen LogP contribution in [0.25, 0.3) is 5.95 Å². The number of rotatable bonds is 4. The predicted octanol–water partition coefficient (Wildman–Crippen LogP) is 0.697. The number of nitrogens with zero attached hydrogens (tertiary/aromatic N) is 6. The zero-order valence-electron chi connectivity index (χ0n) is 10.0. The van der Waals surface area contributed by atoms with Gasteiger partial charge in [0.05, 0.1) is 6.10 Å². The van der Waals surface area contributed by atoms with Crippen LogP contribution < -0.4 is 5.32 Å². The summed E-state index contributed by atoms with van der Waals surface area (Å²) in [6.07, 6.45) is 5.23. The molecular formula is C10H12ClN7O. The van der Waals surface area contributed by atoms with Gasteiger partial charge in [0, 0.05) is 13.2 Å². The molecule has 1 aliphatic heterocycles. The first-order valence-corrected chi connectivity index (χ1v) is 6.31. The van der Waals surface area contributed by atoms with Gasteiger partial charge < -0.3 is 10.1 Å². The minimum atomic E-state index is 0.107. The summed E-state index contributed by atoms with van der Waals surface area (Å²) in [7, 11) is 0. The van der Waals surface area contributed by atoms with Crippen molar-refractivity contribution in [2.45, 2.75) is 18.9 Å². The van der Waals surface area contributed by atoms with E-state index >= 15 is 0 Å². The Hall–Kier alpha value is -1.80. The Bertz CT molecular complexity index is 541. The van der Waals surface area contributed by atoms with E-state index in [1.165, 1.54) is 17.3 Å². The molecule has 1 saturated heterocycles. The van der Waals surface area contributed by atoms with E-state index in [0.29, 0.717) is 18.4 Å². The third-order valence-corrected chi connectivity index (χ3v) is 2.90. The van der Waals surface area contributed by atoms with Gasteiger partial charge in [0.2, 0.25) is 11.2 Å². The summed E-state index contributed by atoms with van der Waals surface area (Å²) in [5.74, 6) is 0.730. The number of halogens is 1. The van der Waals surface area contributed by atoms with Crippen molar-refractivity contribution < 1.29 is 4.74 Å². The van der Waals surface area contributed by atoms with Crippen LogP contribution in [0, 0.1) is 0 Å². The van der Waals surface area contributed by atoms with Crippen LogP contribution in [0.2, 0.25) is 5.28 Å². The van der Waals surface area contributed by atoms with Crippen LogP contribution in [-0.2, 0) is 4.74 Å². The van der Waals surface area contributed by atoms with E-state index in [4.69, 9.17) is 16.3 Å². The van der Waals surface area contributed by atoms with E-state index in [9.17, 15) is 0 Å². The summed E-state index contributed by atoms with van der Waals surface area (Å²) in [6.45, 7) is 1.46. The van der Waals surface area contributed by atoms with Crippen LogP contribution in [0.4, 0.5) is 5.95 Å². The maximum Gasteiger partial charge on any atom is 0.258 e.